The van der Waals surface area contributed by atoms with Crippen molar-refractivity contribution in [3.05, 3.63) is 35.1 Å². The summed E-state index contributed by atoms with van der Waals surface area (Å²) in [5.74, 6) is 1.22. The van der Waals surface area contributed by atoms with Crippen molar-refractivity contribution in [1.29, 1.82) is 5.26 Å². The fourth-order valence-corrected chi connectivity index (χ4v) is 2.07. The third-order valence-corrected chi connectivity index (χ3v) is 3.08. The first-order valence-corrected chi connectivity index (χ1v) is 6.30. The van der Waals surface area contributed by atoms with E-state index in [0.717, 1.165) is 21.3 Å². The highest BCUT2D eigenvalue weighted by atomic mass is 79.9. The van der Waals surface area contributed by atoms with Gasteiger partial charge in [-0.3, -0.25) is 0 Å². The lowest BCUT2D eigenvalue weighted by molar-refractivity contribution is 0.412. The number of benzene rings is 1. The van der Waals surface area contributed by atoms with Gasteiger partial charge in [0.05, 0.1) is 17.7 Å². The van der Waals surface area contributed by atoms with Gasteiger partial charge in [0, 0.05) is 18.0 Å². The Balaban J connectivity index is 2.22. The number of rotatable bonds is 4. The zero-order valence-electron chi connectivity index (χ0n) is 10.2. The van der Waals surface area contributed by atoms with Crippen molar-refractivity contribution < 1.29 is 4.74 Å². The van der Waals surface area contributed by atoms with Crippen LogP contribution >= 0.6 is 15.9 Å². The van der Waals surface area contributed by atoms with Crippen LogP contribution in [0.25, 0.3) is 11.1 Å². The number of methoxy groups -OCH3 is 1. The number of nitriles is 1. The van der Waals surface area contributed by atoms with Gasteiger partial charge in [-0.05, 0) is 33.6 Å². The maximum atomic E-state index is 8.45. The predicted molar refractivity (Wildman–Crippen MR) is 75.8 cm³/mol. The summed E-state index contributed by atoms with van der Waals surface area (Å²) in [6.45, 7) is 0.188. The SMILES string of the molecule is COc1ccc(-c2cnc(NCC#N)nc2)cc1Br. The highest BCUT2D eigenvalue weighted by molar-refractivity contribution is 9.10. The number of hydrogen-bond acceptors (Lipinski definition) is 5. The summed E-state index contributed by atoms with van der Waals surface area (Å²) in [7, 11) is 1.62. The van der Waals surface area contributed by atoms with Crippen molar-refractivity contribution in [3.63, 3.8) is 0 Å². The Morgan fingerprint density at radius 1 is 1.32 bits per heavy atom. The third-order valence-electron chi connectivity index (χ3n) is 2.46. The summed E-state index contributed by atoms with van der Waals surface area (Å²) in [4.78, 5) is 8.29. The number of halogens is 1. The molecule has 1 aromatic carbocycles. The molecular formula is C13H11BrN4O. The zero-order valence-corrected chi connectivity index (χ0v) is 11.8. The van der Waals surface area contributed by atoms with E-state index in [4.69, 9.17) is 10.00 Å². The molecule has 0 amide bonds. The molecule has 0 saturated carbocycles. The van der Waals surface area contributed by atoms with Crippen LogP contribution < -0.4 is 10.1 Å². The molecular weight excluding hydrogens is 308 g/mol. The van der Waals surface area contributed by atoms with Gasteiger partial charge in [-0.25, -0.2) is 9.97 Å². The summed E-state index contributed by atoms with van der Waals surface area (Å²) in [6, 6.07) is 7.73. The molecule has 1 aromatic heterocycles. The Hall–Kier alpha value is -2.13. The summed E-state index contributed by atoms with van der Waals surface area (Å²) < 4.78 is 6.05. The number of nitrogens with zero attached hydrogens (tertiary/aromatic N) is 3. The van der Waals surface area contributed by atoms with Gasteiger partial charge < -0.3 is 10.1 Å². The number of aromatic nitrogens is 2. The fraction of sp³-hybridized carbons (Fsp3) is 0.154. The highest BCUT2D eigenvalue weighted by Crippen LogP contribution is 2.30. The van der Waals surface area contributed by atoms with E-state index in [1.54, 1.807) is 19.5 Å². The van der Waals surface area contributed by atoms with E-state index in [1.165, 1.54) is 0 Å². The molecule has 0 spiro atoms. The number of anilines is 1. The van der Waals surface area contributed by atoms with Gasteiger partial charge in [0.15, 0.2) is 0 Å². The molecule has 1 heterocycles. The molecule has 2 aromatic rings. The van der Waals surface area contributed by atoms with Gasteiger partial charge in [0.2, 0.25) is 5.95 Å². The van der Waals surface area contributed by atoms with Gasteiger partial charge in [0.1, 0.15) is 12.3 Å². The Kier molecular flexibility index (Phi) is 4.31. The molecule has 19 heavy (non-hydrogen) atoms. The molecule has 96 valence electrons. The van der Waals surface area contributed by atoms with Crippen molar-refractivity contribution >= 4 is 21.9 Å². The number of nitrogens with one attached hydrogen (secondary N) is 1. The van der Waals surface area contributed by atoms with Crippen LogP contribution in [-0.4, -0.2) is 23.6 Å². The Labute approximate surface area is 119 Å². The molecule has 0 unspecified atom stereocenters. The first kappa shape index (κ1) is 13.3. The van der Waals surface area contributed by atoms with Crippen LogP contribution in [0.4, 0.5) is 5.95 Å². The molecule has 0 fully saturated rings. The molecule has 0 bridgehead atoms. The van der Waals surface area contributed by atoms with Crippen LogP contribution in [0.1, 0.15) is 0 Å². The molecule has 5 nitrogen and oxygen atoms in total. The topological polar surface area (TPSA) is 70.8 Å². The first-order valence-electron chi connectivity index (χ1n) is 5.51. The molecule has 6 heteroatoms. The zero-order chi connectivity index (χ0) is 13.7. The minimum Gasteiger partial charge on any atom is -0.496 e. The van der Waals surface area contributed by atoms with E-state index in [0.29, 0.717) is 5.95 Å². The standard InChI is InChI=1S/C13H11BrN4O/c1-19-12-3-2-9(6-11(12)14)10-7-17-13(18-8-10)16-5-4-15/h2-3,6-8H,5H2,1H3,(H,16,17,18). The minimum atomic E-state index is 0.188. The van der Waals surface area contributed by atoms with Crippen LogP contribution in [0.15, 0.2) is 35.1 Å². The largest absolute Gasteiger partial charge is 0.496 e. The van der Waals surface area contributed by atoms with Crippen molar-refractivity contribution in [2.24, 2.45) is 0 Å². The minimum absolute atomic E-state index is 0.188. The molecule has 0 aliphatic heterocycles. The van der Waals surface area contributed by atoms with Crippen LogP contribution in [0, 0.1) is 11.3 Å². The summed E-state index contributed by atoms with van der Waals surface area (Å²) in [5.41, 5.74) is 1.88. The smallest absolute Gasteiger partial charge is 0.223 e. The van der Waals surface area contributed by atoms with E-state index >= 15 is 0 Å². The number of hydrogen-bond donors (Lipinski definition) is 1. The number of ether oxygens (including phenoxy) is 1. The summed E-state index contributed by atoms with van der Waals surface area (Å²) in [5, 5.41) is 11.2. The monoisotopic (exact) mass is 318 g/mol. The van der Waals surface area contributed by atoms with Gasteiger partial charge in [0.25, 0.3) is 0 Å². The second-order valence-corrected chi connectivity index (χ2v) is 4.51. The first-order chi connectivity index (χ1) is 9.24. The molecule has 0 radical (unpaired) electrons. The molecule has 0 aliphatic rings. The van der Waals surface area contributed by atoms with Crippen molar-refractivity contribution in [2.45, 2.75) is 0 Å². The van der Waals surface area contributed by atoms with Crippen molar-refractivity contribution in [1.82, 2.24) is 9.97 Å². The molecule has 0 aliphatic carbocycles. The summed E-state index contributed by atoms with van der Waals surface area (Å²) in [6.07, 6.45) is 3.42. The molecule has 0 atom stereocenters. The van der Waals surface area contributed by atoms with Crippen LogP contribution in [0.2, 0.25) is 0 Å². The van der Waals surface area contributed by atoms with Crippen LogP contribution in [0.3, 0.4) is 0 Å². The molecule has 1 N–H and O–H groups in total. The highest BCUT2D eigenvalue weighted by Gasteiger charge is 2.04. The maximum absolute atomic E-state index is 8.45. The normalized spacial score (nSPS) is 9.74. The van der Waals surface area contributed by atoms with Gasteiger partial charge in [-0.2, -0.15) is 5.26 Å². The average Bonchev–Trinajstić information content (AvgIpc) is 2.45. The van der Waals surface area contributed by atoms with Crippen molar-refractivity contribution in [3.8, 4) is 22.9 Å². The Bertz CT molecular complexity index is 607. The van der Waals surface area contributed by atoms with Crippen molar-refractivity contribution in [2.75, 3.05) is 19.0 Å². The third kappa shape index (κ3) is 3.20. The fourth-order valence-electron chi connectivity index (χ4n) is 1.53. The molecule has 2 rings (SSSR count). The maximum Gasteiger partial charge on any atom is 0.223 e. The lowest BCUT2D eigenvalue weighted by Crippen LogP contribution is -2.02. The second kappa shape index (κ2) is 6.16. The Morgan fingerprint density at radius 3 is 2.63 bits per heavy atom. The Morgan fingerprint density at radius 2 is 2.05 bits per heavy atom. The predicted octanol–water partition coefficient (Wildman–Crippen LogP) is 2.85. The lowest BCUT2D eigenvalue weighted by Gasteiger charge is -2.06. The lowest BCUT2D eigenvalue weighted by atomic mass is 10.1. The van der Waals surface area contributed by atoms with E-state index in [-0.39, 0.29) is 6.54 Å². The van der Waals surface area contributed by atoms with Gasteiger partial charge >= 0.3 is 0 Å². The van der Waals surface area contributed by atoms with E-state index in [9.17, 15) is 0 Å². The quantitative estimate of drug-likeness (QED) is 0.878. The summed E-state index contributed by atoms with van der Waals surface area (Å²) >= 11 is 3.44. The van der Waals surface area contributed by atoms with E-state index < -0.39 is 0 Å². The second-order valence-electron chi connectivity index (χ2n) is 3.66. The van der Waals surface area contributed by atoms with E-state index in [1.807, 2.05) is 24.3 Å². The average molecular weight is 319 g/mol. The van der Waals surface area contributed by atoms with Gasteiger partial charge in [-0.15, -0.1) is 0 Å². The van der Waals surface area contributed by atoms with Crippen LogP contribution in [0.5, 0.6) is 5.75 Å². The van der Waals surface area contributed by atoms with Gasteiger partial charge in [-0.1, -0.05) is 6.07 Å². The van der Waals surface area contributed by atoms with E-state index in [2.05, 4.69) is 31.2 Å². The van der Waals surface area contributed by atoms with Crippen LogP contribution in [-0.2, 0) is 0 Å². The molecule has 0 saturated heterocycles.